The summed E-state index contributed by atoms with van der Waals surface area (Å²) in [5.41, 5.74) is 0. The molecule has 1 aliphatic heterocycles. The molecule has 0 amide bonds. The average molecular weight is 901 g/mol. The van der Waals surface area contributed by atoms with Gasteiger partial charge in [0.1, 0.15) is 43.2 Å². The molecule has 0 radical (unpaired) electrons. The van der Waals surface area contributed by atoms with Crippen LogP contribution < -0.4 is 0 Å². The van der Waals surface area contributed by atoms with Gasteiger partial charge in [-0.3, -0.25) is 18.6 Å². The largest absolute Gasteiger partial charge is 0.472 e. The molecule has 8 atom stereocenters. The van der Waals surface area contributed by atoms with Crippen LogP contribution in [-0.4, -0.2) is 111 Å². The van der Waals surface area contributed by atoms with E-state index in [2.05, 4.69) is 50.3 Å². The predicted octanol–water partition coefficient (Wildman–Crippen LogP) is 8.16. The molecule has 1 saturated carbocycles. The number of ether oxygens (including phenoxy) is 3. The highest BCUT2D eigenvalue weighted by Crippen LogP contribution is 2.47. The molecule has 1 aliphatic carbocycles. The summed E-state index contributed by atoms with van der Waals surface area (Å²) >= 11 is 0. The highest BCUT2D eigenvalue weighted by atomic mass is 31.2. The van der Waals surface area contributed by atoms with E-state index in [-0.39, 0.29) is 12.8 Å². The van der Waals surface area contributed by atoms with Crippen LogP contribution in [0.15, 0.2) is 48.6 Å². The van der Waals surface area contributed by atoms with E-state index in [1.165, 1.54) is 70.6 Å². The van der Waals surface area contributed by atoms with E-state index in [1.807, 2.05) is 12.2 Å². The van der Waals surface area contributed by atoms with Crippen LogP contribution in [0.4, 0.5) is 0 Å². The van der Waals surface area contributed by atoms with Gasteiger partial charge < -0.3 is 44.6 Å². The van der Waals surface area contributed by atoms with Crippen molar-refractivity contribution in [2.75, 3.05) is 13.2 Å². The van der Waals surface area contributed by atoms with Crippen molar-refractivity contribution >= 4 is 19.8 Å². The molecule has 62 heavy (non-hydrogen) atoms. The third-order valence-corrected chi connectivity index (χ3v) is 12.1. The number of phosphoric ester groups is 1. The third kappa shape index (κ3) is 25.9. The van der Waals surface area contributed by atoms with Crippen LogP contribution >= 0.6 is 7.82 Å². The van der Waals surface area contributed by atoms with Gasteiger partial charge in [0.05, 0.1) is 18.8 Å². The molecule has 14 nitrogen and oxygen atoms in total. The SMILES string of the molecule is CCC=CCC1OC1CC=CCC=CCC=CCCCC(=O)OC(COC(=O)CCCCCCCCCCCCCCCCC)COP(=O)(O)OC1C(O)C(O)C(O)C(O)C1O. The van der Waals surface area contributed by atoms with Gasteiger partial charge in [0.15, 0.2) is 6.10 Å². The summed E-state index contributed by atoms with van der Waals surface area (Å²) in [5.74, 6) is -1.17. The number of carbonyl (C=O) groups excluding carboxylic acids is 2. The molecule has 0 aromatic heterocycles. The van der Waals surface area contributed by atoms with Crippen molar-refractivity contribution in [1.82, 2.24) is 0 Å². The number of allylic oxidation sites excluding steroid dienone is 6. The second-order valence-electron chi connectivity index (χ2n) is 16.6. The molecule has 2 rings (SSSR count). The number of hydrogen-bond acceptors (Lipinski definition) is 13. The van der Waals surface area contributed by atoms with Crippen molar-refractivity contribution in [2.45, 2.75) is 223 Å². The highest BCUT2D eigenvalue weighted by Gasteiger charge is 2.51. The van der Waals surface area contributed by atoms with Crippen molar-refractivity contribution < 1.29 is 67.8 Å². The molecule has 1 saturated heterocycles. The Balaban J connectivity index is 1.72. The lowest BCUT2D eigenvalue weighted by molar-refractivity contribution is -0.220. The molecule has 358 valence electrons. The lowest BCUT2D eigenvalue weighted by Gasteiger charge is -2.41. The Bertz CT molecular complexity index is 1340. The molecule has 8 unspecified atom stereocenters. The average Bonchev–Trinajstić information content (AvgIpc) is 4.01. The van der Waals surface area contributed by atoms with E-state index in [9.17, 15) is 44.6 Å². The molecule has 0 aromatic rings. The van der Waals surface area contributed by atoms with Crippen molar-refractivity contribution in [3.8, 4) is 0 Å². The topological polar surface area (TPSA) is 222 Å². The molecule has 15 heteroatoms. The summed E-state index contributed by atoms with van der Waals surface area (Å²) in [6.45, 7) is 3.13. The number of hydrogen-bond donors (Lipinski definition) is 6. The molecule has 1 heterocycles. The first kappa shape index (κ1) is 55.9. The maximum Gasteiger partial charge on any atom is 0.472 e. The fraction of sp³-hybridized carbons (Fsp3) is 0.787. The maximum atomic E-state index is 12.8. The number of unbranched alkanes of at least 4 members (excludes halogenated alkanes) is 15. The fourth-order valence-electron chi connectivity index (χ4n) is 7.19. The molecular formula is C47H81O14P. The van der Waals surface area contributed by atoms with E-state index in [4.69, 9.17) is 23.3 Å². The zero-order valence-electron chi connectivity index (χ0n) is 37.6. The molecule has 6 N–H and O–H groups in total. The van der Waals surface area contributed by atoms with E-state index in [1.54, 1.807) is 0 Å². The summed E-state index contributed by atoms with van der Waals surface area (Å²) in [6.07, 6.45) is 27.8. The number of carbonyl (C=O) groups is 2. The first-order valence-corrected chi connectivity index (χ1v) is 25.1. The van der Waals surface area contributed by atoms with Gasteiger partial charge in [0.25, 0.3) is 0 Å². The first-order chi connectivity index (χ1) is 29.9. The van der Waals surface area contributed by atoms with Crippen LogP contribution in [0.5, 0.6) is 0 Å². The monoisotopic (exact) mass is 901 g/mol. The minimum absolute atomic E-state index is 0.0147. The van der Waals surface area contributed by atoms with Crippen LogP contribution in [0.2, 0.25) is 0 Å². The van der Waals surface area contributed by atoms with Gasteiger partial charge in [-0.2, -0.15) is 0 Å². The van der Waals surface area contributed by atoms with Gasteiger partial charge >= 0.3 is 19.8 Å². The Morgan fingerprint density at radius 2 is 1.05 bits per heavy atom. The summed E-state index contributed by atoms with van der Waals surface area (Å²) in [7, 11) is -5.14. The lowest BCUT2D eigenvalue weighted by Crippen LogP contribution is -2.64. The summed E-state index contributed by atoms with van der Waals surface area (Å²) in [5, 5.41) is 50.2. The molecule has 2 aliphatic rings. The van der Waals surface area contributed by atoms with Crippen molar-refractivity contribution in [1.29, 1.82) is 0 Å². The molecule has 0 aromatic carbocycles. The number of epoxide rings is 1. The normalized spacial score (nSPS) is 25.5. The van der Waals surface area contributed by atoms with Crippen LogP contribution in [-0.2, 0) is 37.4 Å². The quantitative estimate of drug-likeness (QED) is 0.0114. The minimum atomic E-state index is -5.14. The second-order valence-corrected chi connectivity index (χ2v) is 18.0. The maximum absolute atomic E-state index is 12.8. The fourth-order valence-corrected chi connectivity index (χ4v) is 8.16. The van der Waals surface area contributed by atoms with Crippen molar-refractivity contribution in [2.24, 2.45) is 0 Å². The van der Waals surface area contributed by atoms with Crippen LogP contribution in [0.25, 0.3) is 0 Å². The Hall–Kier alpha value is -2.23. The number of rotatable bonds is 37. The predicted molar refractivity (Wildman–Crippen MR) is 239 cm³/mol. The van der Waals surface area contributed by atoms with Crippen LogP contribution in [0, 0.1) is 0 Å². The summed E-state index contributed by atoms with van der Waals surface area (Å²) in [6, 6.07) is 0. The number of aliphatic hydroxyl groups excluding tert-OH is 5. The van der Waals surface area contributed by atoms with E-state index in [0.717, 1.165) is 51.4 Å². The Kier molecular flexibility index (Phi) is 30.8. The lowest BCUT2D eigenvalue weighted by atomic mass is 9.85. The van der Waals surface area contributed by atoms with Gasteiger partial charge in [0, 0.05) is 12.8 Å². The van der Waals surface area contributed by atoms with Crippen LogP contribution in [0.3, 0.4) is 0 Å². The number of phosphoric acid groups is 1. The van der Waals surface area contributed by atoms with Gasteiger partial charge in [-0.15, -0.1) is 0 Å². The molecule has 2 fully saturated rings. The van der Waals surface area contributed by atoms with Gasteiger partial charge in [0.2, 0.25) is 0 Å². The van der Waals surface area contributed by atoms with E-state index >= 15 is 0 Å². The Morgan fingerprint density at radius 3 is 1.60 bits per heavy atom. The van der Waals surface area contributed by atoms with Crippen LogP contribution in [0.1, 0.15) is 168 Å². The molecule has 0 spiro atoms. The standard InChI is InChI=1S/C47H81O14P/c1-3-5-7-8-9-10-11-12-13-14-15-19-22-25-29-33-40(48)57-35-37(36-58-62(55,56)61-47-45(53)43(51)42(50)44(52)46(47)54)59-41(49)34-30-26-23-20-17-16-18-21-24-28-32-39-38(60-39)31-27-6-4-2/h6,16,18,20,23-24,27-28,37-39,42-47,50-54H,3-5,7-15,17,19,21-22,25-26,29-36H2,1-2H3,(H,55,56). The van der Waals surface area contributed by atoms with Crippen molar-refractivity contribution in [3.63, 3.8) is 0 Å². The smallest absolute Gasteiger partial charge is 0.462 e. The minimum Gasteiger partial charge on any atom is -0.462 e. The Morgan fingerprint density at radius 1 is 0.581 bits per heavy atom. The first-order valence-electron chi connectivity index (χ1n) is 23.6. The summed E-state index contributed by atoms with van der Waals surface area (Å²) in [4.78, 5) is 35.7. The molecule has 0 bridgehead atoms. The van der Waals surface area contributed by atoms with Gasteiger partial charge in [-0.25, -0.2) is 4.57 Å². The highest BCUT2D eigenvalue weighted by molar-refractivity contribution is 7.47. The zero-order valence-corrected chi connectivity index (χ0v) is 38.5. The van der Waals surface area contributed by atoms with E-state index < -0.39 is 75.7 Å². The second kappa shape index (κ2) is 34.2. The van der Waals surface area contributed by atoms with Gasteiger partial charge in [-0.1, -0.05) is 152 Å². The van der Waals surface area contributed by atoms with E-state index in [0.29, 0.717) is 31.5 Å². The zero-order chi connectivity index (χ0) is 45.4. The van der Waals surface area contributed by atoms with Crippen molar-refractivity contribution in [3.05, 3.63) is 48.6 Å². The molecular weight excluding hydrogens is 819 g/mol. The third-order valence-electron chi connectivity index (χ3n) is 11.1. The summed E-state index contributed by atoms with van der Waals surface area (Å²) < 4.78 is 39.2. The van der Waals surface area contributed by atoms with Gasteiger partial charge in [-0.05, 0) is 51.4 Å². The number of aliphatic hydroxyl groups is 5. The number of esters is 2. The Labute approximate surface area is 371 Å².